The number of pyridine rings is 1. The lowest BCUT2D eigenvalue weighted by Crippen LogP contribution is -2.30. The van der Waals surface area contributed by atoms with Crippen LogP contribution in [0.25, 0.3) is 22.3 Å². The van der Waals surface area contributed by atoms with Gasteiger partial charge in [-0.1, -0.05) is 18.2 Å². The first kappa shape index (κ1) is 21.2. The molecule has 0 saturated heterocycles. The molecule has 162 valence electrons. The summed E-state index contributed by atoms with van der Waals surface area (Å²) in [7, 11) is 0. The topological polar surface area (TPSA) is 107 Å². The van der Waals surface area contributed by atoms with Gasteiger partial charge in [-0.2, -0.15) is 0 Å². The first-order valence-corrected chi connectivity index (χ1v) is 9.99. The monoisotopic (exact) mass is 431 g/mol. The van der Waals surface area contributed by atoms with Crippen LogP contribution in [0.1, 0.15) is 48.5 Å². The van der Waals surface area contributed by atoms with E-state index in [0.29, 0.717) is 16.9 Å². The number of aromatic nitrogens is 2. The minimum Gasteiger partial charge on any atom is -0.443 e. The molecule has 0 fully saturated rings. The van der Waals surface area contributed by atoms with Crippen LogP contribution in [0.15, 0.2) is 54.2 Å². The third-order valence-electron chi connectivity index (χ3n) is 4.76. The highest BCUT2D eigenvalue weighted by molar-refractivity contribution is 6.24. The zero-order valence-corrected chi connectivity index (χ0v) is 18.1. The fraction of sp³-hybridized carbons (Fsp3) is 0.208. The van der Waals surface area contributed by atoms with Gasteiger partial charge < -0.3 is 10.1 Å². The number of carbonyl (C=O) groups is 4. The number of allylic oxidation sites excluding steroid dienone is 2. The predicted molar refractivity (Wildman–Crippen MR) is 117 cm³/mol. The van der Waals surface area contributed by atoms with Crippen LogP contribution in [0.3, 0.4) is 0 Å². The van der Waals surface area contributed by atoms with Crippen LogP contribution < -0.4 is 5.32 Å². The molecule has 4 rings (SSSR count). The van der Waals surface area contributed by atoms with Gasteiger partial charge in [-0.25, -0.2) is 14.3 Å². The molecule has 8 heteroatoms. The Labute approximate surface area is 183 Å². The number of para-hydroxylation sites is 1. The third-order valence-corrected chi connectivity index (χ3v) is 4.76. The number of amides is 1. The highest BCUT2D eigenvalue weighted by Gasteiger charge is 2.29. The summed E-state index contributed by atoms with van der Waals surface area (Å²) in [6, 6.07) is 12.1. The van der Waals surface area contributed by atoms with E-state index < -0.39 is 29.2 Å². The number of fused-ring (bicyclic) bond motifs is 2. The number of hydrogen-bond donors (Lipinski definition) is 1. The minimum atomic E-state index is -0.719. The van der Waals surface area contributed by atoms with Crippen molar-refractivity contribution < 1.29 is 23.9 Å². The molecule has 8 nitrogen and oxygen atoms in total. The van der Waals surface area contributed by atoms with Crippen molar-refractivity contribution in [1.29, 1.82) is 0 Å². The van der Waals surface area contributed by atoms with Gasteiger partial charge in [-0.15, -0.1) is 0 Å². The highest BCUT2D eigenvalue weighted by atomic mass is 16.6. The molecule has 1 amide bonds. The molecule has 0 aliphatic heterocycles. The molecule has 0 unspecified atom stereocenters. The van der Waals surface area contributed by atoms with Gasteiger partial charge in [0.2, 0.25) is 11.7 Å². The Morgan fingerprint density at radius 1 is 1.06 bits per heavy atom. The molecule has 0 radical (unpaired) electrons. The van der Waals surface area contributed by atoms with Gasteiger partial charge in [-0.05, 0) is 45.0 Å². The van der Waals surface area contributed by atoms with E-state index in [0.717, 1.165) is 11.5 Å². The largest absolute Gasteiger partial charge is 0.443 e. The van der Waals surface area contributed by atoms with E-state index in [9.17, 15) is 19.2 Å². The molecule has 0 saturated carbocycles. The van der Waals surface area contributed by atoms with Crippen molar-refractivity contribution in [3.8, 4) is 11.4 Å². The summed E-state index contributed by atoms with van der Waals surface area (Å²) in [5.41, 5.74) is 0.552. The summed E-state index contributed by atoms with van der Waals surface area (Å²) in [6.45, 7) is 6.56. The van der Waals surface area contributed by atoms with Gasteiger partial charge in [0, 0.05) is 18.4 Å². The number of Topliss-reactive ketones (excluding diaryl/α,β-unsaturated/α-hetero) is 1. The van der Waals surface area contributed by atoms with Crippen molar-refractivity contribution in [3.63, 3.8) is 0 Å². The molecule has 2 heterocycles. The molecule has 3 aromatic rings. The summed E-state index contributed by atoms with van der Waals surface area (Å²) in [5, 5.41) is 3.16. The first-order chi connectivity index (χ1) is 15.0. The quantitative estimate of drug-likeness (QED) is 0.660. The maximum absolute atomic E-state index is 13.0. The zero-order valence-electron chi connectivity index (χ0n) is 18.1. The zero-order chi connectivity index (χ0) is 23.2. The number of nitrogens with one attached hydrogen (secondary N) is 1. The Bertz CT molecular complexity index is 1340. The van der Waals surface area contributed by atoms with E-state index in [2.05, 4.69) is 10.3 Å². The number of nitrogens with zero attached hydrogens (tertiary/aromatic N) is 2. The van der Waals surface area contributed by atoms with Gasteiger partial charge >= 0.3 is 6.09 Å². The van der Waals surface area contributed by atoms with Crippen LogP contribution in [-0.4, -0.2) is 38.7 Å². The molecule has 1 aromatic carbocycles. The lowest BCUT2D eigenvalue weighted by Gasteiger charge is -2.21. The normalized spacial score (nSPS) is 13.6. The Hall–Kier alpha value is -4.07. The Morgan fingerprint density at radius 2 is 1.78 bits per heavy atom. The van der Waals surface area contributed by atoms with E-state index in [4.69, 9.17) is 4.74 Å². The van der Waals surface area contributed by atoms with E-state index in [-0.39, 0.29) is 17.0 Å². The van der Waals surface area contributed by atoms with Gasteiger partial charge in [0.1, 0.15) is 11.3 Å². The lowest BCUT2D eigenvalue weighted by molar-refractivity contribution is -0.118. The van der Waals surface area contributed by atoms with Crippen LogP contribution in [-0.2, 0) is 9.53 Å². The second-order valence-corrected chi connectivity index (χ2v) is 8.43. The van der Waals surface area contributed by atoms with E-state index in [1.165, 1.54) is 17.6 Å². The number of benzene rings is 1. The number of carbonyl (C=O) groups excluding carboxylic acids is 4. The van der Waals surface area contributed by atoms with Crippen LogP contribution >= 0.6 is 0 Å². The number of rotatable bonds is 2. The molecule has 2 aromatic heterocycles. The fourth-order valence-corrected chi connectivity index (χ4v) is 3.51. The second kappa shape index (κ2) is 7.56. The standard InChI is InChI=1S/C24H21N3O5/c1-13(28)25-17-12-20(29)15-9-10-16(26-21(15)22(17)30)19-11-14-7-5-6-8-18(14)27(19)23(31)32-24(2,3)4/h5-12H,1-4H3,(H,25,28). The highest BCUT2D eigenvalue weighted by Crippen LogP contribution is 2.30. The van der Waals surface area contributed by atoms with Crippen LogP contribution in [0.4, 0.5) is 4.79 Å². The van der Waals surface area contributed by atoms with Crippen molar-refractivity contribution in [2.75, 3.05) is 0 Å². The molecular formula is C24H21N3O5. The number of ether oxygens (including phenoxy) is 1. The Morgan fingerprint density at radius 3 is 2.47 bits per heavy atom. The second-order valence-electron chi connectivity index (χ2n) is 8.43. The van der Waals surface area contributed by atoms with Crippen molar-refractivity contribution in [2.45, 2.75) is 33.3 Å². The van der Waals surface area contributed by atoms with Crippen molar-refractivity contribution in [1.82, 2.24) is 14.9 Å². The predicted octanol–water partition coefficient (Wildman–Crippen LogP) is 3.89. The maximum atomic E-state index is 13.0. The van der Waals surface area contributed by atoms with Gasteiger partial charge in [0.05, 0.1) is 28.2 Å². The van der Waals surface area contributed by atoms with Crippen molar-refractivity contribution >= 4 is 34.5 Å². The third kappa shape index (κ3) is 3.82. The molecule has 0 spiro atoms. The van der Waals surface area contributed by atoms with Crippen molar-refractivity contribution in [2.24, 2.45) is 0 Å². The summed E-state index contributed by atoms with van der Waals surface area (Å²) < 4.78 is 6.98. The van der Waals surface area contributed by atoms with E-state index >= 15 is 0 Å². The fourth-order valence-electron chi connectivity index (χ4n) is 3.51. The SMILES string of the molecule is CC(=O)NC1=CC(=O)c2ccc(-c3cc4ccccc4n3C(=O)OC(C)(C)C)nc2C1=O. The van der Waals surface area contributed by atoms with Crippen LogP contribution in [0, 0.1) is 0 Å². The summed E-state index contributed by atoms with van der Waals surface area (Å²) in [6.07, 6.45) is 0.500. The smallest absolute Gasteiger partial charge is 0.419 e. The summed E-state index contributed by atoms with van der Waals surface area (Å²) >= 11 is 0. The molecule has 1 aliphatic rings. The molecule has 0 bridgehead atoms. The Balaban J connectivity index is 1.87. The van der Waals surface area contributed by atoms with E-state index in [1.807, 2.05) is 12.1 Å². The van der Waals surface area contributed by atoms with Crippen LogP contribution in [0.5, 0.6) is 0 Å². The Kier molecular flexibility index (Phi) is 5.00. The van der Waals surface area contributed by atoms with Gasteiger partial charge in [0.15, 0.2) is 5.78 Å². The molecule has 1 N–H and O–H groups in total. The lowest BCUT2D eigenvalue weighted by atomic mass is 9.96. The number of hydrogen-bond acceptors (Lipinski definition) is 6. The van der Waals surface area contributed by atoms with Gasteiger partial charge in [0.25, 0.3) is 0 Å². The molecule has 32 heavy (non-hydrogen) atoms. The average Bonchev–Trinajstić information content (AvgIpc) is 3.09. The minimum absolute atomic E-state index is 0.0836. The first-order valence-electron chi connectivity index (χ1n) is 9.99. The van der Waals surface area contributed by atoms with E-state index in [1.54, 1.807) is 45.0 Å². The molecule has 0 atom stereocenters. The molecular weight excluding hydrogens is 410 g/mol. The maximum Gasteiger partial charge on any atom is 0.419 e. The van der Waals surface area contributed by atoms with Crippen LogP contribution in [0.2, 0.25) is 0 Å². The molecule has 1 aliphatic carbocycles. The van der Waals surface area contributed by atoms with Crippen molar-refractivity contribution in [3.05, 3.63) is 65.5 Å². The average molecular weight is 431 g/mol. The summed E-state index contributed by atoms with van der Waals surface area (Å²) in [4.78, 5) is 54.2. The van der Waals surface area contributed by atoms with Gasteiger partial charge in [-0.3, -0.25) is 14.4 Å². The number of ketones is 2. The summed E-state index contributed by atoms with van der Waals surface area (Å²) in [5.74, 6) is -1.48.